The molecule has 1 N–H and O–H groups in total. The van der Waals surface area contributed by atoms with Gasteiger partial charge in [-0.15, -0.1) is 0 Å². The third-order valence-corrected chi connectivity index (χ3v) is 4.11. The number of carbonyl (C=O) groups is 2. The number of hydrogen-bond acceptors (Lipinski definition) is 3. The molecule has 0 bridgehead atoms. The summed E-state index contributed by atoms with van der Waals surface area (Å²) >= 11 is 1.89. The quantitative estimate of drug-likeness (QED) is 0.641. The van der Waals surface area contributed by atoms with Crippen LogP contribution in [-0.2, 0) is 0 Å². The van der Waals surface area contributed by atoms with E-state index in [0.717, 1.165) is 4.90 Å². The van der Waals surface area contributed by atoms with E-state index >= 15 is 0 Å². The van der Waals surface area contributed by atoms with Crippen LogP contribution in [0.3, 0.4) is 0 Å². The molecule has 0 aromatic heterocycles. The number of nitrogens with zero attached hydrogens (tertiary/aromatic N) is 1. The molecule has 6 heteroatoms. The number of halogens is 2. The first-order chi connectivity index (χ1) is 10.1. The topological polar surface area (TPSA) is 49.4 Å². The van der Waals surface area contributed by atoms with Gasteiger partial charge in [0.25, 0.3) is 11.8 Å². The van der Waals surface area contributed by atoms with Crippen molar-refractivity contribution in [1.82, 2.24) is 4.90 Å². The molecule has 3 rings (SSSR count). The largest absolute Gasteiger partial charge is 0.367 e. The highest BCUT2D eigenvalue weighted by atomic mass is 127. The van der Waals surface area contributed by atoms with E-state index in [1.807, 2.05) is 22.6 Å². The average molecular weight is 396 g/mol. The monoisotopic (exact) mass is 396 g/mol. The summed E-state index contributed by atoms with van der Waals surface area (Å²) in [6.45, 7) is 0.00633. The highest BCUT2D eigenvalue weighted by Gasteiger charge is 2.34. The Morgan fingerprint density at radius 2 is 1.67 bits per heavy atom. The second-order valence-corrected chi connectivity index (χ2v) is 5.71. The molecule has 106 valence electrons. The highest BCUT2D eigenvalue weighted by Crippen LogP contribution is 2.23. The molecule has 0 saturated carbocycles. The van der Waals surface area contributed by atoms with E-state index in [-0.39, 0.29) is 24.3 Å². The Kier molecular flexibility index (Phi) is 3.62. The lowest BCUT2D eigenvalue weighted by atomic mass is 10.1. The van der Waals surface area contributed by atoms with Crippen molar-refractivity contribution in [3.05, 3.63) is 63.0 Å². The lowest BCUT2D eigenvalue weighted by Crippen LogP contribution is -2.34. The van der Waals surface area contributed by atoms with E-state index in [0.29, 0.717) is 20.4 Å². The van der Waals surface area contributed by atoms with Gasteiger partial charge in [-0.25, -0.2) is 4.39 Å². The van der Waals surface area contributed by atoms with Gasteiger partial charge in [0.05, 0.1) is 17.8 Å². The number of amides is 2. The predicted octanol–water partition coefficient (Wildman–Crippen LogP) is 3.10. The molecule has 0 saturated heterocycles. The Hall–Kier alpha value is -1.96. The maximum atomic E-state index is 13.5. The van der Waals surface area contributed by atoms with E-state index in [2.05, 4.69) is 5.32 Å². The summed E-state index contributed by atoms with van der Waals surface area (Å²) < 4.78 is 14.0. The summed E-state index contributed by atoms with van der Waals surface area (Å²) in [6.07, 6.45) is 0. The number of carbonyl (C=O) groups excluding carboxylic acids is 2. The second kappa shape index (κ2) is 5.44. The van der Waals surface area contributed by atoms with Crippen LogP contribution in [0.15, 0.2) is 42.5 Å². The zero-order valence-electron chi connectivity index (χ0n) is 10.8. The predicted molar refractivity (Wildman–Crippen MR) is 84.5 cm³/mol. The minimum atomic E-state index is -0.344. The van der Waals surface area contributed by atoms with Crippen molar-refractivity contribution in [2.24, 2.45) is 0 Å². The van der Waals surface area contributed by atoms with Crippen LogP contribution in [0.2, 0.25) is 0 Å². The van der Waals surface area contributed by atoms with Crippen LogP contribution in [0.25, 0.3) is 0 Å². The van der Waals surface area contributed by atoms with Gasteiger partial charge in [0, 0.05) is 9.26 Å². The van der Waals surface area contributed by atoms with Crippen molar-refractivity contribution >= 4 is 40.1 Å². The first kappa shape index (κ1) is 14.0. The van der Waals surface area contributed by atoms with Gasteiger partial charge in [-0.3, -0.25) is 14.5 Å². The summed E-state index contributed by atoms with van der Waals surface area (Å²) in [5, 5.41) is 2.89. The van der Waals surface area contributed by atoms with Gasteiger partial charge in [0.2, 0.25) is 0 Å². The van der Waals surface area contributed by atoms with Gasteiger partial charge in [-0.1, -0.05) is 12.1 Å². The molecule has 0 unspecified atom stereocenters. The summed E-state index contributed by atoms with van der Waals surface area (Å²) in [4.78, 5) is 25.4. The number of imide groups is 1. The molecule has 0 fully saturated rings. The van der Waals surface area contributed by atoms with Crippen LogP contribution in [0.4, 0.5) is 10.1 Å². The van der Waals surface area contributed by atoms with Crippen molar-refractivity contribution < 1.29 is 14.0 Å². The highest BCUT2D eigenvalue weighted by molar-refractivity contribution is 14.1. The average Bonchev–Trinajstić information content (AvgIpc) is 2.73. The SMILES string of the molecule is O=C1c2ccccc2C(=O)N1CNc1ccc(I)c(F)c1. The fourth-order valence-electron chi connectivity index (χ4n) is 2.16. The molecule has 21 heavy (non-hydrogen) atoms. The van der Waals surface area contributed by atoms with Gasteiger partial charge < -0.3 is 5.32 Å². The molecule has 2 aromatic rings. The van der Waals surface area contributed by atoms with Crippen LogP contribution in [0, 0.1) is 9.39 Å². The second-order valence-electron chi connectivity index (χ2n) is 4.55. The molecule has 0 atom stereocenters. The molecule has 4 nitrogen and oxygen atoms in total. The maximum Gasteiger partial charge on any atom is 0.263 e. The van der Waals surface area contributed by atoms with Gasteiger partial charge in [-0.05, 0) is 52.9 Å². The van der Waals surface area contributed by atoms with E-state index in [1.165, 1.54) is 6.07 Å². The third kappa shape index (κ3) is 2.51. The number of anilines is 1. The zero-order valence-corrected chi connectivity index (χ0v) is 12.9. The Morgan fingerprint density at radius 1 is 1.05 bits per heavy atom. The van der Waals surface area contributed by atoms with E-state index in [9.17, 15) is 14.0 Å². The Balaban J connectivity index is 1.76. The summed E-state index contributed by atoms with van der Waals surface area (Å²) in [7, 11) is 0. The van der Waals surface area contributed by atoms with Crippen molar-refractivity contribution in [3.8, 4) is 0 Å². The lowest BCUT2D eigenvalue weighted by molar-refractivity contribution is 0.0666. The van der Waals surface area contributed by atoms with Crippen LogP contribution >= 0.6 is 22.6 Å². The molecule has 1 aliphatic heterocycles. The maximum absolute atomic E-state index is 13.5. The number of hydrogen-bond donors (Lipinski definition) is 1. The Labute approximate surface area is 134 Å². The lowest BCUT2D eigenvalue weighted by Gasteiger charge is -2.15. The standard InChI is InChI=1S/C15H10FIN2O2/c16-12-7-9(5-6-13(12)17)18-8-19-14(20)10-3-1-2-4-11(10)15(19)21/h1-7,18H,8H2. The van der Waals surface area contributed by atoms with Crippen molar-refractivity contribution in [2.75, 3.05) is 12.0 Å². The van der Waals surface area contributed by atoms with Crippen LogP contribution in [0.5, 0.6) is 0 Å². The fourth-order valence-corrected chi connectivity index (χ4v) is 2.49. The van der Waals surface area contributed by atoms with Crippen LogP contribution in [0.1, 0.15) is 20.7 Å². The molecule has 1 heterocycles. The molecule has 2 aromatic carbocycles. The molecule has 0 aliphatic carbocycles. The molecule has 0 spiro atoms. The van der Waals surface area contributed by atoms with Crippen molar-refractivity contribution in [1.29, 1.82) is 0 Å². The normalized spacial score (nSPS) is 13.5. The Morgan fingerprint density at radius 3 is 2.24 bits per heavy atom. The number of benzene rings is 2. The molecular weight excluding hydrogens is 386 g/mol. The van der Waals surface area contributed by atoms with Gasteiger partial charge in [0.1, 0.15) is 5.82 Å². The minimum absolute atomic E-state index is 0.00633. The number of rotatable bonds is 3. The van der Waals surface area contributed by atoms with Crippen LogP contribution < -0.4 is 5.32 Å². The van der Waals surface area contributed by atoms with Crippen molar-refractivity contribution in [2.45, 2.75) is 0 Å². The third-order valence-electron chi connectivity index (χ3n) is 3.24. The van der Waals surface area contributed by atoms with Crippen molar-refractivity contribution in [3.63, 3.8) is 0 Å². The zero-order chi connectivity index (χ0) is 15.0. The van der Waals surface area contributed by atoms with Gasteiger partial charge in [-0.2, -0.15) is 0 Å². The fraction of sp³-hybridized carbons (Fsp3) is 0.0667. The minimum Gasteiger partial charge on any atom is -0.367 e. The molecule has 1 aliphatic rings. The molecule has 2 amide bonds. The molecular formula is C15H10FIN2O2. The van der Waals surface area contributed by atoms with Gasteiger partial charge >= 0.3 is 0 Å². The van der Waals surface area contributed by atoms with Crippen LogP contribution in [-0.4, -0.2) is 23.4 Å². The summed E-state index contributed by atoms with van der Waals surface area (Å²) in [6, 6.07) is 11.3. The number of fused-ring (bicyclic) bond motifs is 1. The van der Waals surface area contributed by atoms with E-state index < -0.39 is 0 Å². The smallest absolute Gasteiger partial charge is 0.263 e. The van der Waals surface area contributed by atoms with E-state index in [4.69, 9.17) is 0 Å². The first-order valence-electron chi connectivity index (χ1n) is 6.22. The first-order valence-corrected chi connectivity index (χ1v) is 7.30. The van der Waals surface area contributed by atoms with Gasteiger partial charge in [0.15, 0.2) is 0 Å². The summed E-state index contributed by atoms with van der Waals surface area (Å²) in [5.41, 5.74) is 1.32. The number of nitrogens with one attached hydrogen (secondary N) is 1. The Bertz CT molecular complexity index is 713. The summed E-state index contributed by atoms with van der Waals surface area (Å²) in [5.74, 6) is -1.02. The molecule has 0 radical (unpaired) electrons. The van der Waals surface area contributed by atoms with E-state index in [1.54, 1.807) is 36.4 Å².